The lowest BCUT2D eigenvalue weighted by Gasteiger charge is -2.18. The molecule has 0 spiro atoms. The summed E-state index contributed by atoms with van der Waals surface area (Å²) in [6.45, 7) is 3.83. The van der Waals surface area contributed by atoms with E-state index >= 15 is 0 Å². The first kappa shape index (κ1) is 14.0. The minimum Gasteiger partial charge on any atom is -0.329 e. The molecular formula is C15H23BrN2. The maximum atomic E-state index is 5.87. The van der Waals surface area contributed by atoms with Gasteiger partial charge in [-0.25, -0.2) is 0 Å². The minimum absolute atomic E-state index is 0.279. The van der Waals surface area contributed by atoms with E-state index < -0.39 is 0 Å². The Morgan fingerprint density at radius 1 is 1.44 bits per heavy atom. The monoisotopic (exact) mass is 310 g/mol. The molecule has 1 aliphatic carbocycles. The third-order valence-electron chi connectivity index (χ3n) is 3.71. The fourth-order valence-corrected chi connectivity index (χ4v) is 2.63. The number of hydrogen-bond donors (Lipinski definition) is 2. The Labute approximate surface area is 118 Å². The SMILES string of the molecule is Cc1ccc(C(CN)NCCCC2CC2)cc1Br. The number of aryl methyl sites for hydroxylation is 1. The molecule has 0 amide bonds. The van der Waals surface area contributed by atoms with Crippen molar-refractivity contribution in [3.05, 3.63) is 33.8 Å². The van der Waals surface area contributed by atoms with E-state index in [-0.39, 0.29) is 6.04 Å². The van der Waals surface area contributed by atoms with E-state index in [0.29, 0.717) is 6.54 Å². The van der Waals surface area contributed by atoms with Crippen molar-refractivity contribution in [2.45, 2.75) is 38.6 Å². The molecule has 2 nitrogen and oxygen atoms in total. The van der Waals surface area contributed by atoms with Gasteiger partial charge in [0.1, 0.15) is 0 Å². The van der Waals surface area contributed by atoms with Crippen LogP contribution >= 0.6 is 15.9 Å². The highest BCUT2D eigenvalue weighted by molar-refractivity contribution is 9.10. The highest BCUT2D eigenvalue weighted by Gasteiger charge is 2.20. The predicted molar refractivity (Wildman–Crippen MR) is 80.6 cm³/mol. The first-order chi connectivity index (χ1) is 8.70. The van der Waals surface area contributed by atoms with Crippen LogP contribution in [0.2, 0.25) is 0 Å². The maximum Gasteiger partial charge on any atom is 0.0444 e. The van der Waals surface area contributed by atoms with E-state index in [4.69, 9.17) is 5.73 Å². The van der Waals surface area contributed by atoms with Gasteiger partial charge in [0, 0.05) is 17.1 Å². The molecule has 3 N–H and O–H groups in total. The van der Waals surface area contributed by atoms with Crippen molar-refractivity contribution in [1.29, 1.82) is 0 Å². The lowest BCUT2D eigenvalue weighted by Crippen LogP contribution is -2.29. The minimum atomic E-state index is 0.279. The average Bonchev–Trinajstić information content (AvgIpc) is 3.17. The summed E-state index contributed by atoms with van der Waals surface area (Å²) in [6, 6.07) is 6.78. The summed E-state index contributed by atoms with van der Waals surface area (Å²) in [5.74, 6) is 1.02. The summed E-state index contributed by atoms with van der Waals surface area (Å²) < 4.78 is 1.17. The molecule has 3 heteroatoms. The molecule has 2 rings (SSSR count). The van der Waals surface area contributed by atoms with Crippen LogP contribution in [0.3, 0.4) is 0 Å². The summed E-state index contributed by atoms with van der Waals surface area (Å²) >= 11 is 3.58. The molecule has 18 heavy (non-hydrogen) atoms. The number of nitrogens with one attached hydrogen (secondary N) is 1. The third-order valence-corrected chi connectivity index (χ3v) is 4.57. The molecular weight excluding hydrogens is 288 g/mol. The molecule has 1 atom stereocenters. The Morgan fingerprint density at radius 2 is 2.22 bits per heavy atom. The van der Waals surface area contributed by atoms with Crippen LogP contribution in [0, 0.1) is 12.8 Å². The number of hydrogen-bond acceptors (Lipinski definition) is 2. The molecule has 0 radical (unpaired) electrons. The molecule has 0 heterocycles. The number of rotatable bonds is 7. The number of benzene rings is 1. The molecule has 0 saturated heterocycles. The van der Waals surface area contributed by atoms with Crippen molar-refractivity contribution in [3.8, 4) is 0 Å². The van der Waals surface area contributed by atoms with Gasteiger partial charge in [-0.15, -0.1) is 0 Å². The molecule has 1 saturated carbocycles. The van der Waals surface area contributed by atoms with Gasteiger partial charge in [0.2, 0.25) is 0 Å². The summed E-state index contributed by atoms with van der Waals surface area (Å²) in [5, 5.41) is 3.57. The second-order valence-corrected chi connectivity index (χ2v) is 6.19. The van der Waals surface area contributed by atoms with Gasteiger partial charge in [0.05, 0.1) is 0 Å². The Morgan fingerprint density at radius 3 is 2.83 bits per heavy atom. The van der Waals surface area contributed by atoms with Gasteiger partial charge in [-0.3, -0.25) is 0 Å². The molecule has 0 aliphatic heterocycles. The summed E-state index contributed by atoms with van der Waals surface area (Å²) in [5.41, 5.74) is 8.42. The van der Waals surface area contributed by atoms with E-state index in [1.165, 1.54) is 41.3 Å². The van der Waals surface area contributed by atoms with Crippen molar-refractivity contribution in [1.82, 2.24) is 5.32 Å². The summed E-state index contributed by atoms with van der Waals surface area (Å²) in [4.78, 5) is 0. The Bertz CT molecular complexity index is 388. The van der Waals surface area contributed by atoms with Crippen molar-refractivity contribution in [2.75, 3.05) is 13.1 Å². The van der Waals surface area contributed by atoms with E-state index in [9.17, 15) is 0 Å². The van der Waals surface area contributed by atoms with Gasteiger partial charge in [0.25, 0.3) is 0 Å². The Kier molecular flexibility index (Phi) is 5.22. The standard InChI is InChI=1S/C15H23BrN2/c1-11-4-7-13(9-14(11)16)15(10-17)18-8-2-3-12-5-6-12/h4,7,9,12,15,18H,2-3,5-6,8,10,17H2,1H3. The fourth-order valence-electron chi connectivity index (χ4n) is 2.24. The number of nitrogens with two attached hydrogens (primary N) is 1. The van der Waals surface area contributed by atoms with E-state index in [1.807, 2.05) is 0 Å². The first-order valence-electron chi connectivity index (χ1n) is 6.90. The molecule has 1 fully saturated rings. The molecule has 100 valence electrons. The van der Waals surface area contributed by atoms with Crippen LogP contribution in [-0.4, -0.2) is 13.1 Å². The Balaban J connectivity index is 1.83. The first-order valence-corrected chi connectivity index (χ1v) is 7.69. The summed E-state index contributed by atoms with van der Waals surface area (Å²) in [7, 11) is 0. The van der Waals surface area contributed by atoms with Crippen LogP contribution in [0.15, 0.2) is 22.7 Å². The van der Waals surface area contributed by atoms with Gasteiger partial charge in [-0.2, -0.15) is 0 Å². The maximum absolute atomic E-state index is 5.87. The van der Waals surface area contributed by atoms with Crippen LogP contribution < -0.4 is 11.1 Å². The van der Waals surface area contributed by atoms with E-state index in [1.54, 1.807) is 0 Å². The van der Waals surface area contributed by atoms with Crippen LogP contribution in [0.4, 0.5) is 0 Å². The van der Waals surface area contributed by atoms with Gasteiger partial charge in [-0.05, 0) is 49.4 Å². The van der Waals surface area contributed by atoms with Gasteiger partial charge < -0.3 is 11.1 Å². The molecule has 0 aromatic heterocycles. The van der Waals surface area contributed by atoms with Crippen LogP contribution in [-0.2, 0) is 0 Å². The lowest BCUT2D eigenvalue weighted by atomic mass is 10.0. The van der Waals surface area contributed by atoms with Gasteiger partial charge in [-0.1, -0.05) is 40.9 Å². The van der Waals surface area contributed by atoms with Crippen molar-refractivity contribution >= 4 is 15.9 Å². The van der Waals surface area contributed by atoms with Gasteiger partial charge in [0.15, 0.2) is 0 Å². The lowest BCUT2D eigenvalue weighted by molar-refractivity contribution is 0.512. The predicted octanol–water partition coefficient (Wildman–Crippen LogP) is 3.54. The molecule has 1 aromatic rings. The second-order valence-electron chi connectivity index (χ2n) is 5.34. The van der Waals surface area contributed by atoms with Crippen LogP contribution in [0.1, 0.15) is 42.9 Å². The highest BCUT2D eigenvalue weighted by Crippen LogP contribution is 2.33. The number of halogens is 1. The largest absolute Gasteiger partial charge is 0.329 e. The third kappa shape index (κ3) is 4.08. The second kappa shape index (κ2) is 6.69. The molecule has 1 aromatic carbocycles. The zero-order chi connectivity index (χ0) is 13.0. The Hall–Kier alpha value is -0.380. The van der Waals surface area contributed by atoms with E-state index in [0.717, 1.165) is 12.5 Å². The van der Waals surface area contributed by atoms with Crippen molar-refractivity contribution in [3.63, 3.8) is 0 Å². The van der Waals surface area contributed by atoms with Crippen LogP contribution in [0.25, 0.3) is 0 Å². The molecule has 1 aliphatic rings. The highest BCUT2D eigenvalue weighted by atomic mass is 79.9. The molecule has 1 unspecified atom stereocenters. The topological polar surface area (TPSA) is 38.0 Å². The van der Waals surface area contributed by atoms with Crippen LogP contribution in [0.5, 0.6) is 0 Å². The van der Waals surface area contributed by atoms with Gasteiger partial charge >= 0.3 is 0 Å². The quantitative estimate of drug-likeness (QED) is 0.756. The van der Waals surface area contributed by atoms with Crippen molar-refractivity contribution < 1.29 is 0 Å². The zero-order valence-electron chi connectivity index (χ0n) is 11.1. The van der Waals surface area contributed by atoms with E-state index in [2.05, 4.69) is 46.4 Å². The average molecular weight is 311 g/mol. The van der Waals surface area contributed by atoms with Crippen molar-refractivity contribution in [2.24, 2.45) is 11.7 Å². The normalized spacial score (nSPS) is 16.8. The fraction of sp³-hybridized carbons (Fsp3) is 0.600. The zero-order valence-corrected chi connectivity index (χ0v) is 12.7. The smallest absolute Gasteiger partial charge is 0.0444 e. The molecule has 0 bridgehead atoms. The summed E-state index contributed by atoms with van der Waals surface area (Å²) in [6.07, 6.45) is 5.55.